The fourth-order valence-electron chi connectivity index (χ4n) is 1.48. The number of Topliss-reactive ketones (excluding diaryl/α,β-unsaturated/α-hetero) is 1. The van der Waals surface area contributed by atoms with Crippen LogP contribution in [0.3, 0.4) is 0 Å². The molecule has 0 amide bonds. The normalized spacial score (nSPS) is 13.4. The molecule has 0 radical (unpaired) electrons. The number of nitrogens with two attached hydrogens (primary N) is 1. The van der Waals surface area contributed by atoms with E-state index < -0.39 is 15.9 Å². The highest BCUT2D eigenvalue weighted by atomic mass is 32.2. The van der Waals surface area contributed by atoms with Gasteiger partial charge in [0.1, 0.15) is 9.84 Å². The molecule has 0 heterocycles. The molecule has 4 nitrogen and oxygen atoms in total. The minimum atomic E-state index is -3.08. The number of ketones is 1. The molecule has 1 aromatic carbocycles. The highest BCUT2D eigenvalue weighted by Crippen LogP contribution is 2.08. The van der Waals surface area contributed by atoms with Crippen molar-refractivity contribution in [1.82, 2.24) is 0 Å². The number of hydrogen-bond acceptors (Lipinski definition) is 4. The summed E-state index contributed by atoms with van der Waals surface area (Å²) in [5.74, 6) is -0.275. The molecule has 0 saturated carbocycles. The first-order valence-corrected chi connectivity index (χ1v) is 7.40. The van der Waals surface area contributed by atoms with Crippen molar-refractivity contribution >= 4 is 15.6 Å². The van der Waals surface area contributed by atoms with Gasteiger partial charge in [-0.3, -0.25) is 4.79 Å². The number of carbonyl (C=O) groups is 1. The largest absolute Gasteiger partial charge is 0.321 e. The van der Waals surface area contributed by atoms with Crippen LogP contribution in [0.1, 0.15) is 22.3 Å². The predicted molar refractivity (Wildman–Crippen MR) is 67.8 cm³/mol. The van der Waals surface area contributed by atoms with Gasteiger partial charge in [0.15, 0.2) is 5.78 Å². The first-order valence-electron chi connectivity index (χ1n) is 5.34. The molecular formula is C12H17NO3S. The van der Waals surface area contributed by atoms with Crippen molar-refractivity contribution in [1.29, 1.82) is 0 Å². The SMILES string of the molecule is Cc1cccc(C(=O)C(N)CCS(C)(=O)=O)c1. The van der Waals surface area contributed by atoms with Crippen LogP contribution >= 0.6 is 0 Å². The summed E-state index contributed by atoms with van der Waals surface area (Å²) in [5.41, 5.74) is 7.20. The average Bonchev–Trinajstić information content (AvgIpc) is 2.24. The van der Waals surface area contributed by atoms with E-state index in [4.69, 9.17) is 5.73 Å². The van der Waals surface area contributed by atoms with Crippen molar-refractivity contribution in [3.63, 3.8) is 0 Å². The average molecular weight is 255 g/mol. The van der Waals surface area contributed by atoms with Crippen LogP contribution in [0.15, 0.2) is 24.3 Å². The molecule has 0 saturated heterocycles. The molecule has 1 unspecified atom stereocenters. The third-order valence-corrected chi connectivity index (χ3v) is 3.42. The van der Waals surface area contributed by atoms with Gasteiger partial charge in [-0.25, -0.2) is 8.42 Å². The summed E-state index contributed by atoms with van der Waals surface area (Å²) in [7, 11) is -3.08. The Balaban J connectivity index is 2.70. The van der Waals surface area contributed by atoms with Crippen LogP contribution in [-0.2, 0) is 9.84 Å². The molecule has 1 atom stereocenters. The molecule has 0 aliphatic rings. The van der Waals surface area contributed by atoms with Crippen molar-refractivity contribution in [3.05, 3.63) is 35.4 Å². The Morgan fingerprint density at radius 2 is 2.06 bits per heavy atom. The van der Waals surface area contributed by atoms with Crippen LogP contribution in [-0.4, -0.2) is 32.3 Å². The summed E-state index contributed by atoms with van der Waals surface area (Å²) >= 11 is 0. The number of aryl methyl sites for hydroxylation is 1. The maximum atomic E-state index is 11.9. The summed E-state index contributed by atoms with van der Waals surface area (Å²) < 4.78 is 22.0. The number of hydrogen-bond donors (Lipinski definition) is 1. The van der Waals surface area contributed by atoms with E-state index in [2.05, 4.69) is 0 Å². The third-order valence-electron chi connectivity index (χ3n) is 2.44. The van der Waals surface area contributed by atoms with Crippen molar-refractivity contribution in [3.8, 4) is 0 Å². The Labute approximate surface area is 102 Å². The topological polar surface area (TPSA) is 77.2 Å². The van der Waals surface area contributed by atoms with Crippen LogP contribution in [0.5, 0.6) is 0 Å². The van der Waals surface area contributed by atoms with Gasteiger partial charge in [0.25, 0.3) is 0 Å². The molecule has 0 bridgehead atoms. The molecular weight excluding hydrogens is 238 g/mol. The fraction of sp³-hybridized carbons (Fsp3) is 0.417. The van der Waals surface area contributed by atoms with E-state index in [1.54, 1.807) is 18.2 Å². The summed E-state index contributed by atoms with van der Waals surface area (Å²) in [6.45, 7) is 1.89. The van der Waals surface area contributed by atoms with Gasteiger partial charge in [-0.1, -0.05) is 23.8 Å². The minimum Gasteiger partial charge on any atom is -0.321 e. The smallest absolute Gasteiger partial charge is 0.179 e. The van der Waals surface area contributed by atoms with Crippen LogP contribution in [0, 0.1) is 6.92 Å². The number of rotatable bonds is 5. The quantitative estimate of drug-likeness (QED) is 0.794. The molecule has 5 heteroatoms. The summed E-state index contributed by atoms with van der Waals surface area (Å²) in [6, 6.07) is 6.36. The van der Waals surface area contributed by atoms with Gasteiger partial charge in [0.2, 0.25) is 0 Å². The lowest BCUT2D eigenvalue weighted by atomic mass is 10.0. The lowest BCUT2D eigenvalue weighted by Gasteiger charge is -2.10. The Morgan fingerprint density at radius 3 is 2.59 bits per heavy atom. The lowest BCUT2D eigenvalue weighted by molar-refractivity contribution is 0.0959. The predicted octanol–water partition coefficient (Wildman–Crippen LogP) is 0.940. The van der Waals surface area contributed by atoms with E-state index >= 15 is 0 Å². The first-order chi connectivity index (χ1) is 7.79. The molecule has 0 fully saturated rings. The highest BCUT2D eigenvalue weighted by molar-refractivity contribution is 7.90. The lowest BCUT2D eigenvalue weighted by Crippen LogP contribution is -2.32. The molecule has 0 aliphatic carbocycles. The monoisotopic (exact) mass is 255 g/mol. The maximum Gasteiger partial charge on any atom is 0.179 e. The van der Waals surface area contributed by atoms with Gasteiger partial charge in [-0.05, 0) is 19.4 Å². The highest BCUT2D eigenvalue weighted by Gasteiger charge is 2.17. The van der Waals surface area contributed by atoms with Gasteiger partial charge < -0.3 is 5.73 Å². The van der Waals surface area contributed by atoms with E-state index in [-0.39, 0.29) is 18.0 Å². The van der Waals surface area contributed by atoms with Crippen molar-refractivity contribution in [2.45, 2.75) is 19.4 Å². The van der Waals surface area contributed by atoms with Crippen LogP contribution in [0.4, 0.5) is 0 Å². The van der Waals surface area contributed by atoms with E-state index in [0.29, 0.717) is 5.56 Å². The summed E-state index contributed by atoms with van der Waals surface area (Å²) in [5, 5.41) is 0. The molecule has 0 aliphatic heterocycles. The minimum absolute atomic E-state index is 0.0638. The van der Waals surface area contributed by atoms with Gasteiger partial charge in [-0.15, -0.1) is 0 Å². The van der Waals surface area contributed by atoms with Crippen LogP contribution in [0.2, 0.25) is 0 Å². The second kappa shape index (κ2) is 5.42. The molecule has 94 valence electrons. The number of sulfone groups is 1. The van der Waals surface area contributed by atoms with Crippen LogP contribution < -0.4 is 5.73 Å². The third kappa shape index (κ3) is 4.66. The van der Waals surface area contributed by atoms with Crippen LogP contribution in [0.25, 0.3) is 0 Å². The Kier molecular flexibility index (Phi) is 4.42. The van der Waals surface area contributed by atoms with Crippen molar-refractivity contribution in [2.75, 3.05) is 12.0 Å². The molecule has 0 aromatic heterocycles. The molecule has 2 N–H and O–H groups in total. The Morgan fingerprint density at radius 1 is 1.41 bits per heavy atom. The van der Waals surface area contributed by atoms with Crippen molar-refractivity contribution < 1.29 is 13.2 Å². The molecule has 1 rings (SSSR count). The van der Waals surface area contributed by atoms with Gasteiger partial charge in [0.05, 0.1) is 11.8 Å². The maximum absolute atomic E-state index is 11.9. The van der Waals surface area contributed by atoms with Gasteiger partial charge >= 0.3 is 0 Å². The van der Waals surface area contributed by atoms with E-state index in [0.717, 1.165) is 11.8 Å². The summed E-state index contributed by atoms with van der Waals surface area (Å²) in [6.07, 6.45) is 1.29. The zero-order valence-corrected chi connectivity index (χ0v) is 10.8. The fourth-order valence-corrected chi connectivity index (χ4v) is 2.17. The second-order valence-corrected chi connectivity index (χ2v) is 6.52. The standard InChI is InChI=1S/C12H17NO3S/c1-9-4-3-5-10(8-9)12(14)11(13)6-7-17(2,15)16/h3-5,8,11H,6-7,13H2,1-2H3. The zero-order valence-electron chi connectivity index (χ0n) is 10.0. The molecule has 1 aromatic rings. The van der Waals surface area contributed by atoms with E-state index in [1.165, 1.54) is 0 Å². The molecule has 0 spiro atoms. The Bertz CT molecular complexity index is 508. The Hall–Kier alpha value is -1.20. The zero-order chi connectivity index (χ0) is 13.1. The van der Waals surface area contributed by atoms with E-state index in [9.17, 15) is 13.2 Å². The first kappa shape index (κ1) is 13.9. The van der Waals surface area contributed by atoms with Gasteiger partial charge in [-0.2, -0.15) is 0 Å². The second-order valence-electron chi connectivity index (χ2n) is 4.26. The van der Waals surface area contributed by atoms with Crippen molar-refractivity contribution in [2.24, 2.45) is 5.73 Å². The molecule has 17 heavy (non-hydrogen) atoms. The number of benzene rings is 1. The summed E-state index contributed by atoms with van der Waals surface area (Å²) in [4.78, 5) is 11.9. The number of carbonyl (C=O) groups excluding carboxylic acids is 1. The van der Waals surface area contributed by atoms with Gasteiger partial charge in [0, 0.05) is 11.8 Å². The van der Waals surface area contributed by atoms with E-state index in [1.807, 2.05) is 13.0 Å².